The molecule has 1 aliphatic heterocycles. The van der Waals surface area contributed by atoms with Crippen LogP contribution in [0, 0.1) is 0 Å². The zero-order valence-electron chi connectivity index (χ0n) is 13.5. The Kier molecular flexibility index (Phi) is 3.22. The SMILES string of the molecule is Nc1cccc2[nH]nc(-c3nc4ccc(C5CNCCO5)cc4[nH]3)c12. The van der Waals surface area contributed by atoms with Crippen LogP contribution in [-0.4, -0.2) is 39.9 Å². The molecule has 1 atom stereocenters. The number of nitrogens with two attached hydrogens (primary N) is 1. The summed E-state index contributed by atoms with van der Waals surface area (Å²) in [5.41, 5.74) is 11.5. The molecule has 1 aliphatic rings. The minimum absolute atomic E-state index is 0.0757. The van der Waals surface area contributed by atoms with E-state index in [0.29, 0.717) is 11.5 Å². The lowest BCUT2D eigenvalue weighted by atomic mass is 10.1. The second-order valence-electron chi connectivity index (χ2n) is 6.27. The lowest BCUT2D eigenvalue weighted by molar-refractivity contribution is 0.0278. The van der Waals surface area contributed by atoms with Gasteiger partial charge in [0, 0.05) is 18.8 Å². The summed E-state index contributed by atoms with van der Waals surface area (Å²) in [5.74, 6) is 0.707. The van der Waals surface area contributed by atoms with Crippen LogP contribution in [0.15, 0.2) is 36.4 Å². The number of rotatable bonds is 2. The van der Waals surface area contributed by atoms with Crippen molar-refractivity contribution in [2.24, 2.45) is 0 Å². The lowest BCUT2D eigenvalue weighted by Crippen LogP contribution is -2.33. The molecule has 25 heavy (non-hydrogen) atoms. The molecule has 1 unspecified atom stereocenters. The molecule has 0 amide bonds. The van der Waals surface area contributed by atoms with Crippen LogP contribution in [0.1, 0.15) is 11.7 Å². The first-order valence-electron chi connectivity index (χ1n) is 8.34. The van der Waals surface area contributed by atoms with Gasteiger partial charge < -0.3 is 20.8 Å². The summed E-state index contributed by atoms with van der Waals surface area (Å²) >= 11 is 0. The first-order chi connectivity index (χ1) is 12.3. The molecule has 0 saturated carbocycles. The Bertz CT molecular complexity index is 1060. The van der Waals surface area contributed by atoms with Crippen molar-refractivity contribution in [1.82, 2.24) is 25.5 Å². The van der Waals surface area contributed by atoms with Crippen LogP contribution >= 0.6 is 0 Å². The highest BCUT2D eigenvalue weighted by Gasteiger charge is 2.18. The Hall–Kier alpha value is -2.90. The van der Waals surface area contributed by atoms with Gasteiger partial charge in [0.1, 0.15) is 5.69 Å². The summed E-state index contributed by atoms with van der Waals surface area (Å²) in [5, 5.41) is 11.7. The standard InChI is InChI=1S/C18H18N6O/c19-11-2-1-3-13-16(11)17(24-23-13)18-21-12-5-4-10(8-14(12)22-18)15-9-20-6-7-25-15/h1-5,8,15,20H,6-7,9,19H2,(H,21,22)(H,23,24). The lowest BCUT2D eigenvalue weighted by Gasteiger charge is -2.23. The molecule has 5 rings (SSSR count). The zero-order valence-corrected chi connectivity index (χ0v) is 13.5. The quantitative estimate of drug-likeness (QED) is 0.421. The Balaban J connectivity index is 1.60. The summed E-state index contributed by atoms with van der Waals surface area (Å²) in [6.45, 7) is 2.46. The number of aromatic amines is 2. The van der Waals surface area contributed by atoms with Crippen molar-refractivity contribution in [3.8, 4) is 11.5 Å². The number of fused-ring (bicyclic) bond motifs is 2. The highest BCUT2D eigenvalue weighted by molar-refractivity contribution is 6.00. The summed E-state index contributed by atoms with van der Waals surface area (Å²) in [6.07, 6.45) is 0.0757. The van der Waals surface area contributed by atoms with E-state index in [9.17, 15) is 0 Å². The Labute approximate surface area is 143 Å². The van der Waals surface area contributed by atoms with E-state index in [-0.39, 0.29) is 6.10 Å². The van der Waals surface area contributed by atoms with Crippen LogP contribution in [0.5, 0.6) is 0 Å². The minimum atomic E-state index is 0.0757. The fraction of sp³-hybridized carbons (Fsp3) is 0.222. The predicted molar refractivity (Wildman–Crippen MR) is 97.2 cm³/mol. The van der Waals surface area contributed by atoms with Gasteiger partial charge in [0.05, 0.1) is 34.6 Å². The first kappa shape index (κ1) is 14.4. The maximum atomic E-state index is 6.13. The van der Waals surface area contributed by atoms with Crippen molar-refractivity contribution in [1.29, 1.82) is 0 Å². The van der Waals surface area contributed by atoms with Gasteiger partial charge in [-0.3, -0.25) is 5.10 Å². The molecular formula is C18H18N6O. The van der Waals surface area contributed by atoms with Gasteiger partial charge in [-0.05, 0) is 29.8 Å². The Morgan fingerprint density at radius 3 is 3.00 bits per heavy atom. The number of H-pyrrole nitrogens is 2. The second-order valence-corrected chi connectivity index (χ2v) is 6.27. The number of benzene rings is 2. The minimum Gasteiger partial charge on any atom is -0.398 e. The van der Waals surface area contributed by atoms with Crippen LogP contribution in [-0.2, 0) is 4.74 Å². The number of nitrogen functional groups attached to an aromatic ring is 1. The first-order valence-corrected chi connectivity index (χ1v) is 8.34. The number of anilines is 1. The van der Waals surface area contributed by atoms with E-state index in [4.69, 9.17) is 10.5 Å². The molecule has 2 aromatic carbocycles. The normalized spacial score (nSPS) is 18.2. The van der Waals surface area contributed by atoms with Crippen molar-refractivity contribution in [3.63, 3.8) is 0 Å². The van der Waals surface area contributed by atoms with Crippen molar-refractivity contribution in [3.05, 3.63) is 42.0 Å². The molecule has 126 valence electrons. The third kappa shape index (κ3) is 2.36. The number of aromatic nitrogens is 4. The molecule has 4 aromatic rings. The van der Waals surface area contributed by atoms with E-state index in [0.717, 1.165) is 52.9 Å². The molecule has 0 radical (unpaired) electrons. The number of nitrogens with zero attached hydrogens (tertiary/aromatic N) is 2. The molecule has 0 aliphatic carbocycles. The third-order valence-corrected chi connectivity index (χ3v) is 4.65. The van der Waals surface area contributed by atoms with Crippen LogP contribution in [0.4, 0.5) is 5.69 Å². The van der Waals surface area contributed by atoms with Gasteiger partial charge in [0.2, 0.25) is 0 Å². The van der Waals surface area contributed by atoms with Gasteiger partial charge in [-0.2, -0.15) is 5.10 Å². The molecule has 1 fully saturated rings. The predicted octanol–water partition coefficient (Wildman–Crippen LogP) is 2.35. The van der Waals surface area contributed by atoms with Gasteiger partial charge in [-0.25, -0.2) is 4.98 Å². The van der Waals surface area contributed by atoms with E-state index in [1.54, 1.807) is 0 Å². The summed E-state index contributed by atoms with van der Waals surface area (Å²) < 4.78 is 5.83. The summed E-state index contributed by atoms with van der Waals surface area (Å²) in [4.78, 5) is 8.05. The number of hydrogen-bond acceptors (Lipinski definition) is 5. The average molecular weight is 334 g/mol. The second kappa shape index (κ2) is 5.58. The van der Waals surface area contributed by atoms with Gasteiger partial charge >= 0.3 is 0 Å². The number of morpholine rings is 1. The maximum Gasteiger partial charge on any atom is 0.159 e. The summed E-state index contributed by atoms with van der Waals surface area (Å²) in [6, 6.07) is 11.9. The Morgan fingerprint density at radius 2 is 2.12 bits per heavy atom. The smallest absolute Gasteiger partial charge is 0.159 e. The summed E-state index contributed by atoms with van der Waals surface area (Å²) in [7, 11) is 0. The molecule has 7 heteroatoms. The van der Waals surface area contributed by atoms with E-state index in [1.807, 2.05) is 24.3 Å². The van der Waals surface area contributed by atoms with Crippen molar-refractivity contribution in [2.75, 3.05) is 25.4 Å². The van der Waals surface area contributed by atoms with E-state index < -0.39 is 0 Å². The van der Waals surface area contributed by atoms with Gasteiger partial charge in [-0.15, -0.1) is 0 Å². The van der Waals surface area contributed by atoms with Crippen molar-refractivity contribution >= 4 is 27.6 Å². The number of imidazole rings is 1. The van der Waals surface area contributed by atoms with Crippen LogP contribution in [0.25, 0.3) is 33.5 Å². The number of hydrogen-bond donors (Lipinski definition) is 4. The van der Waals surface area contributed by atoms with Crippen LogP contribution < -0.4 is 11.1 Å². The fourth-order valence-corrected chi connectivity index (χ4v) is 3.39. The van der Waals surface area contributed by atoms with Crippen molar-refractivity contribution in [2.45, 2.75) is 6.10 Å². The number of nitrogens with one attached hydrogen (secondary N) is 3. The van der Waals surface area contributed by atoms with E-state index >= 15 is 0 Å². The zero-order chi connectivity index (χ0) is 16.8. The highest BCUT2D eigenvalue weighted by atomic mass is 16.5. The van der Waals surface area contributed by atoms with Gasteiger partial charge in [-0.1, -0.05) is 12.1 Å². The van der Waals surface area contributed by atoms with E-state index in [1.165, 1.54) is 0 Å². The Morgan fingerprint density at radius 1 is 1.16 bits per heavy atom. The van der Waals surface area contributed by atoms with Crippen LogP contribution in [0.2, 0.25) is 0 Å². The maximum absolute atomic E-state index is 6.13. The molecule has 1 saturated heterocycles. The van der Waals surface area contributed by atoms with Crippen LogP contribution in [0.3, 0.4) is 0 Å². The fourth-order valence-electron chi connectivity index (χ4n) is 3.39. The largest absolute Gasteiger partial charge is 0.398 e. The molecule has 0 spiro atoms. The van der Waals surface area contributed by atoms with Gasteiger partial charge in [0.15, 0.2) is 5.82 Å². The van der Waals surface area contributed by atoms with Crippen molar-refractivity contribution < 1.29 is 4.74 Å². The highest BCUT2D eigenvalue weighted by Crippen LogP contribution is 2.31. The molecular weight excluding hydrogens is 316 g/mol. The monoisotopic (exact) mass is 334 g/mol. The van der Waals surface area contributed by atoms with Gasteiger partial charge in [0.25, 0.3) is 0 Å². The molecule has 5 N–H and O–H groups in total. The third-order valence-electron chi connectivity index (χ3n) is 4.65. The molecule has 7 nitrogen and oxygen atoms in total. The molecule has 0 bridgehead atoms. The average Bonchev–Trinajstić information content (AvgIpc) is 3.26. The van der Waals surface area contributed by atoms with E-state index in [2.05, 4.69) is 37.6 Å². The number of ether oxygens (including phenoxy) is 1. The molecule has 3 heterocycles. The molecule has 2 aromatic heterocycles. The topological polar surface area (TPSA) is 105 Å².